The van der Waals surface area contributed by atoms with Crippen molar-refractivity contribution < 1.29 is 28.1 Å². The van der Waals surface area contributed by atoms with Crippen LogP contribution >= 0.6 is 0 Å². The van der Waals surface area contributed by atoms with E-state index in [-0.39, 0.29) is 28.5 Å². The van der Waals surface area contributed by atoms with E-state index in [1.54, 1.807) is 0 Å². The molecule has 6 unspecified atom stereocenters. The van der Waals surface area contributed by atoms with Gasteiger partial charge in [0, 0.05) is 0 Å². The van der Waals surface area contributed by atoms with E-state index in [1.165, 1.54) is 86.6 Å². The Morgan fingerprint density at radius 3 is 1.44 bits per heavy atom. The van der Waals surface area contributed by atoms with Gasteiger partial charge in [-0.1, -0.05) is 80.1 Å². The number of aliphatic hydroxyl groups excluding tert-OH is 2. The Labute approximate surface area is 340 Å². The Bertz CT molecular complexity index is 1480. The second-order valence-electron chi connectivity index (χ2n) is 21.5. The molecule has 54 heavy (non-hydrogen) atoms. The fourth-order valence-electron chi connectivity index (χ4n) is 11.6. The molecule has 0 saturated heterocycles. The van der Waals surface area contributed by atoms with Gasteiger partial charge in [0.05, 0.1) is 12.2 Å². The first-order chi connectivity index (χ1) is 25.3. The van der Waals surface area contributed by atoms with Gasteiger partial charge in [-0.05, 0) is 83.9 Å². The topological polar surface area (TPSA) is 52.8 Å². The predicted octanol–water partition coefficient (Wildman–Crippen LogP) is 13.3. The van der Waals surface area contributed by atoms with E-state index in [9.17, 15) is 10.2 Å². The summed E-state index contributed by atoms with van der Waals surface area (Å²) in [6, 6.07) is 17.4. The van der Waals surface area contributed by atoms with Crippen LogP contribution in [0.1, 0.15) is 176 Å². The fourth-order valence-corrected chi connectivity index (χ4v) is 13.5. The quantitative estimate of drug-likeness (QED) is 0.285. The second-order valence-corrected chi connectivity index (χ2v) is 23.0. The van der Waals surface area contributed by atoms with Gasteiger partial charge in [0.2, 0.25) is 0 Å². The molecule has 0 spiro atoms. The third-order valence-corrected chi connectivity index (χ3v) is 17.1. The van der Waals surface area contributed by atoms with E-state index >= 15 is 0 Å². The van der Waals surface area contributed by atoms with E-state index < -0.39 is 17.9 Å². The molecule has 4 fully saturated rings. The van der Waals surface area contributed by atoms with Gasteiger partial charge < -0.3 is 10.2 Å². The molecule has 0 radical (unpaired) electrons. The Kier molecular flexibility index (Phi) is 14.7. The van der Waals surface area contributed by atoms with E-state index in [0.29, 0.717) is 47.3 Å². The number of benzene rings is 2. The van der Waals surface area contributed by atoms with Crippen molar-refractivity contribution in [1.82, 2.24) is 0 Å². The zero-order valence-electron chi connectivity index (χ0n) is 36.4. The summed E-state index contributed by atoms with van der Waals surface area (Å²) >= 11 is -0.553. The third kappa shape index (κ3) is 10.0. The Balaban J connectivity index is 0.000000213. The molecule has 0 heterocycles. The maximum atomic E-state index is 11.9. The van der Waals surface area contributed by atoms with E-state index in [4.69, 9.17) is 3.50 Å². The number of rotatable bonds is 6. The third-order valence-electron chi connectivity index (χ3n) is 14.7. The predicted molar refractivity (Wildman–Crippen MR) is 227 cm³/mol. The van der Waals surface area contributed by atoms with Crippen LogP contribution in [0.5, 0.6) is 0 Å². The maximum absolute atomic E-state index is 11.9. The van der Waals surface area contributed by atoms with Crippen molar-refractivity contribution in [3.63, 3.8) is 0 Å². The minimum absolute atomic E-state index is 0.0811. The van der Waals surface area contributed by atoms with Crippen LogP contribution in [0.25, 0.3) is 0 Å². The summed E-state index contributed by atoms with van der Waals surface area (Å²) in [7, 11) is 0. The molecule has 10 atom stereocenters. The molecule has 302 valence electrons. The van der Waals surface area contributed by atoms with E-state index in [0.717, 1.165) is 11.8 Å². The zero-order chi connectivity index (χ0) is 39.6. The molecule has 4 aliphatic rings. The first-order valence-corrected chi connectivity index (χ1v) is 24.1. The molecule has 0 bridgehead atoms. The van der Waals surface area contributed by atoms with Gasteiger partial charge in [-0.25, -0.2) is 0 Å². The van der Waals surface area contributed by atoms with Crippen LogP contribution < -0.4 is 0 Å². The van der Waals surface area contributed by atoms with Gasteiger partial charge in [-0.2, -0.15) is 0 Å². The Morgan fingerprint density at radius 1 is 0.611 bits per heavy atom. The van der Waals surface area contributed by atoms with Crippen LogP contribution in [-0.2, 0) is 23.3 Å². The van der Waals surface area contributed by atoms with Gasteiger partial charge in [0.25, 0.3) is 0 Å². The molecule has 2 N–H and O–H groups in total. The Morgan fingerprint density at radius 2 is 1.04 bits per heavy atom. The van der Waals surface area contributed by atoms with Crippen LogP contribution in [0.2, 0.25) is 0 Å². The van der Waals surface area contributed by atoms with Crippen LogP contribution in [0, 0.1) is 58.2 Å². The van der Waals surface area contributed by atoms with Crippen LogP contribution in [0.15, 0.2) is 52.0 Å². The normalized spacial score (nSPS) is 31.9. The van der Waals surface area contributed by atoms with E-state index in [1.807, 2.05) is 0 Å². The molecule has 6 rings (SSSR count). The molecule has 2 aromatic rings. The summed E-state index contributed by atoms with van der Waals surface area (Å²) in [5.74, 6) is 5.16. The first-order valence-electron chi connectivity index (χ1n) is 22.1. The average molecular weight is 822 g/mol. The van der Waals surface area contributed by atoms with Gasteiger partial charge in [-0.15, -0.1) is 0 Å². The van der Waals surface area contributed by atoms with Gasteiger partial charge in [-0.3, -0.25) is 0 Å². The van der Waals surface area contributed by atoms with Crippen molar-refractivity contribution in [3.8, 4) is 0 Å². The summed E-state index contributed by atoms with van der Waals surface area (Å²) in [5.41, 5.74) is 5.74. The Hall–Kier alpha value is -1.28. The molecule has 2 aromatic carbocycles. The molecule has 4 heteroatoms. The molecule has 0 aliphatic heterocycles. The number of hydrogen-bond donors (Lipinski definition) is 2. The molecule has 3 nitrogen and oxygen atoms in total. The van der Waals surface area contributed by atoms with Gasteiger partial charge in [0.1, 0.15) is 0 Å². The number of nitrogens with zero attached hydrogens (tertiary/aromatic N) is 1. The summed E-state index contributed by atoms with van der Waals surface area (Å²) < 4.78 is 7.59. The number of aliphatic hydroxyl groups is 2. The van der Waals surface area contributed by atoms with Gasteiger partial charge in [0.15, 0.2) is 0 Å². The fraction of sp³-hybridized carbons (Fsp3) is 0.740. The summed E-state index contributed by atoms with van der Waals surface area (Å²) in [4.78, 5) is 0. The summed E-state index contributed by atoms with van der Waals surface area (Å²) in [5, 5.41) is 23.9. The average Bonchev–Trinajstić information content (AvgIpc) is 3.11. The summed E-state index contributed by atoms with van der Waals surface area (Å²) in [6.07, 6.45) is 12.5. The van der Waals surface area contributed by atoms with Crippen molar-refractivity contribution in [1.29, 1.82) is 0 Å². The van der Waals surface area contributed by atoms with Crippen molar-refractivity contribution in [2.75, 3.05) is 0 Å². The first kappa shape index (κ1) is 43.8. The number of hydrogen-bond acceptors (Lipinski definition) is 3. The molecule has 0 amide bonds. The summed E-state index contributed by atoms with van der Waals surface area (Å²) in [6.45, 7) is 27.6. The molecule has 4 aliphatic carbocycles. The van der Waals surface area contributed by atoms with Crippen molar-refractivity contribution >= 4 is 10.1 Å². The molecular weight excluding hydrogens is 742 g/mol. The molecular formula is C50H79MoNO2. The van der Waals surface area contributed by atoms with Crippen LogP contribution in [-0.4, -0.2) is 26.8 Å². The SMILES string of the molecule is CC(C)(C)C1CC2CCCC[C@H]2C(C2C3CCCC[C@H]3C[C@@H](C(C)(C)C)[C@H]2O)C1O.CC(C)c1cccc(C(C)C)c1[N]=[Mo]=[CH]C(C)(C)c1ccccc1. The van der Waals surface area contributed by atoms with Crippen molar-refractivity contribution in [2.45, 2.75) is 177 Å². The van der Waals surface area contributed by atoms with E-state index in [2.05, 4.69) is 136 Å². The van der Waals surface area contributed by atoms with Crippen LogP contribution in [0.3, 0.4) is 0 Å². The number of fused-ring (bicyclic) bond motifs is 2. The van der Waals surface area contributed by atoms with Crippen molar-refractivity contribution in [3.05, 3.63) is 65.2 Å². The van der Waals surface area contributed by atoms with Crippen molar-refractivity contribution in [2.24, 2.45) is 61.7 Å². The zero-order valence-corrected chi connectivity index (χ0v) is 38.5. The molecule has 4 saturated carbocycles. The standard InChI is InChI=1S/C28H50O2.C12H17N.C10H12.Mo/c1-27(2,3)21-15-17-11-7-9-13-19(17)23(25(21)29)24-20-14-10-8-12-18(20)16-22(26(24)30)28(4,5)6;1-8(2)10-6-5-7-11(9(3)4)12(10)13;1-10(2,3)9-7-5-4-6-8-9;/h17-26,29-30H,7-16H2,1-6H3;5-9H,1-4H3;1,4-8H,2-3H3;/t17-,18?,19?,20+,21+,22?,23?,24?,25+,26?;;;/m0.../s1. The minimum atomic E-state index is -0.553. The molecule has 0 aromatic heterocycles. The second kappa shape index (κ2) is 18.1. The van der Waals surface area contributed by atoms with Gasteiger partial charge >= 0.3 is 156 Å². The monoisotopic (exact) mass is 824 g/mol. The van der Waals surface area contributed by atoms with Crippen LogP contribution in [0.4, 0.5) is 5.69 Å².